The molecular weight excluding hydrogens is 131 g/mol. The second-order valence-electron chi connectivity index (χ2n) is 1.17. The van der Waals surface area contributed by atoms with Crippen LogP contribution in [-0.2, 0) is 18.4 Å². The lowest BCUT2D eigenvalue weighted by Gasteiger charge is -1.82. The lowest BCUT2D eigenvalue weighted by atomic mass is 10.8. The maximum atomic E-state index is 10.4. The third-order valence-corrected chi connectivity index (χ3v) is 1.29. The van der Waals surface area contributed by atoms with Gasteiger partial charge in [0.05, 0.1) is 6.26 Å². The van der Waals surface area contributed by atoms with Crippen LogP contribution in [0.2, 0.25) is 0 Å². The first-order chi connectivity index (χ1) is 3.77. The Labute approximate surface area is 46.6 Å². The summed E-state index contributed by atoms with van der Waals surface area (Å²) in [5.74, 6) is 0. The quantitative estimate of drug-likeness (QED) is 0.250. The topological polar surface area (TPSA) is 51.4 Å². The summed E-state index contributed by atoms with van der Waals surface area (Å²) in [4.78, 5) is 0. The third-order valence-electron chi connectivity index (χ3n) is 0.522. The van der Waals surface area contributed by atoms with Crippen molar-refractivity contribution in [2.24, 2.45) is 0 Å². The molecule has 0 aromatic rings. The standard InChI is InChI=1S/C3H5O4P/c1-2-3-5-8(4)6-7-8/h2-3H,1H3. The van der Waals surface area contributed by atoms with E-state index in [2.05, 4.69) is 13.9 Å². The molecule has 0 aromatic carbocycles. The highest BCUT2D eigenvalue weighted by atomic mass is 31.2. The molecule has 0 bridgehead atoms. The van der Waals surface area contributed by atoms with Gasteiger partial charge in [-0.05, 0) is 6.92 Å². The van der Waals surface area contributed by atoms with Crippen LogP contribution in [0.5, 0.6) is 0 Å². The van der Waals surface area contributed by atoms with Crippen molar-refractivity contribution in [1.82, 2.24) is 0 Å². The fraction of sp³-hybridized carbons (Fsp3) is 0.333. The number of hydrogen-bond acceptors (Lipinski definition) is 4. The van der Waals surface area contributed by atoms with Gasteiger partial charge < -0.3 is 4.52 Å². The van der Waals surface area contributed by atoms with Gasteiger partial charge in [-0.1, -0.05) is 6.08 Å². The highest BCUT2D eigenvalue weighted by Gasteiger charge is 2.47. The Balaban J connectivity index is 2.30. The molecule has 0 saturated carbocycles. The van der Waals surface area contributed by atoms with Crippen molar-refractivity contribution in [2.75, 3.05) is 0 Å². The van der Waals surface area contributed by atoms with Crippen molar-refractivity contribution in [3.63, 3.8) is 0 Å². The van der Waals surface area contributed by atoms with Gasteiger partial charge >= 0.3 is 7.82 Å². The fourth-order valence-corrected chi connectivity index (χ4v) is 0.757. The SMILES string of the molecule is CC=COP1(=O)OO1. The molecule has 0 N–H and O–H groups in total. The number of hydrogen-bond donors (Lipinski definition) is 0. The summed E-state index contributed by atoms with van der Waals surface area (Å²) in [6, 6.07) is 0. The summed E-state index contributed by atoms with van der Waals surface area (Å²) in [5, 5.41) is 0. The van der Waals surface area contributed by atoms with Crippen molar-refractivity contribution in [1.29, 1.82) is 0 Å². The summed E-state index contributed by atoms with van der Waals surface area (Å²) >= 11 is 0. The van der Waals surface area contributed by atoms with E-state index in [-0.39, 0.29) is 0 Å². The van der Waals surface area contributed by atoms with E-state index in [1.165, 1.54) is 6.26 Å². The molecule has 8 heavy (non-hydrogen) atoms. The molecule has 5 heteroatoms. The average molecular weight is 136 g/mol. The molecule has 0 radical (unpaired) electrons. The van der Waals surface area contributed by atoms with E-state index < -0.39 is 7.82 Å². The van der Waals surface area contributed by atoms with Gasteiger partial charge in [-0.25, -0.2) is 4.57 Å². The van der Waals surface area contributed by atoms with E-state index in [0.717, 1.165) is 0 Å². The smallest absolute Gasteiger partial charge is 0.409 e. The minimum absolute atomic E-state index is 1.26. The molecule has 1 fully saturated rings. The molecule has 0 aromatic heterocycles. The Kier molecular flexibility index (Phi) is 1.38. The van der Waals surface area contributed by atoms with Crippen molar-refractivity contribution >= 4 is 7.82 Å². The molecule has 0 spiro atoms. The zero-order valence-corrected chi connectivity index (χ0v) is 5.13. The van der Waals surface area contributed by atoms with Gasteiger partial charge in [0.15, 0.2) is 0 Å². The van der Waals surface area contributed by atoms with E-state index in [9.17, 15) is 4.57 Å². The van der Waals surface area contributed by atoms with Crippen LogP contribution in [-0.4, -0.2) is 0 Å². The summed E-state index contributed by atoms with van der Waals surface area (Å²) in [5.41, 5.74) is 0. The van der Waals surface area contributed by atoms with Gasteiger partial charge in [-0.15, -0.1) is 9.35 Å². The van der Waals surface area contributed by atoms with E-state index >= 15 is 0 Å². The fourth-order valence-electron chi connectivity index (χ4n) is 0.198. The second-order valence-corrected chi connectivity index (χ2v) is 2.57. The first kappa shape index (κ1) is 5.82. The Morgan fingerprint density at radius 1 is 1.62 bits per heavy atom. The molecule has 0 atom stereocenters. The molecule has 0 amide bonds. The second kappa shape index (κ2) is 1.90. The summed E-state index contributed by atoms with van der Waals surface area (Å²) in [6.45, 7) is 1.73. The molecule has 1 heterocycles. The monoisotopic (exact) mass is 136 g/mol. The van der Waals surface area contributed by atoms with Crippen LogP contribution < -0.4 is 0 Å². The van der Waals surface area contributed by atoms with Crippen LogP contribution in [0.1, 0.15) is 6.92 Å². The van der Waals surface area contributed by atoms with Gasteiger partial charge in [0.25, 0.3) is 0 Å². The van der Waals surface area contributed by atoms with E-state index in [4.69, 9.17) is 0 Å². The molecule has 0 aliphatic carbocycles. The number of rotatable bonds is 2. The first-order valence-electron chi connectivity index (χ1n) is 2.04. The molecule has 46 valence electrons. The van der Waals surface area contributed by atoms with Gasteiger partial charge in [0, 0.05) is 0 Å². The maximum absolute atomic E-state index is 10.4. The van der Waals surface area contributed by atoms with Crippen molar-refractivity contribution in [2.45, 2.75) is 6.92 Å². The summed E-state index contributed by atoms with van der Waals surface area (Å²) in [6.07, 6.45) is 2.85. The average Bonchev–Trinajstić information content (AvgIpc) is 2.45. The minimum atomic E-state index is -3.02. The van der Waals surface area contributed by atoms with E-state index in [1.807, 2.05) is 0 Å². The first-order valence-corrected chi connectivity index (χ1v) is 3.50. The lowest BCUT2D eigenvalue weighted by Crippen LogP contribution is -1.59. The molecular formula is C3H5O4P. The Morgan fingerprint density at radius 2 is 2.25 bits per heavy atom. The van der Waals surface area contributed by atoms with Crippen molar-refractivity contribution in [3.05, 3.63) is 12.3 Å². The Morgan fingerprint density at radius 3 is 2.62 bits per heavy atom. The summed E-state index contributed by atoms with van der Waals surface area (Å²) < 4.78 is 22.7. The predicted octanol–water partition coefficient (Wildman–Crippen LogP) is 1.61. The van der Waals surface area contributed by atoms with E-state index in [1.54, 1.807) is 13.0 Å². The Hall–Kier alpha value is -0.310. The van der Waals surface area contributed by atoms with Crippen LogP contribution in [0, 0.1) is 0 Å². The molecule has 1 rings (SSSR count). The molecule has 1 aliphatic heterocycles. The van der Waals surface area contributed by atoms with Crippen molar-refractivity contribution in [3.8, 4) is 0 Å². The predicted molar refractivity (Wildman–Crippen MR) is 25.7 cm³/mol. The summed E-state index contributed by atoms with van der Waals surface area (Å²) in [7, 11) is -3.02. The number of phosphoric acid groups is 1. The van der Waals surface area contributed by atoms with Gasteiger partial charge in [0.1, 0.15) is 0 Å². The van der Waals surface area contributed by atoms with Crippen LogP contribution in [0.3, 0.4) is 0 Å². The normalized spacial score (nSPS) is 23.6. The van der Waals surface area contributed by atoms with Crippen LogP contribution in [0.4, 0.5) is 0 Å². The number of allylic oxidation sites excluding steroid dienone is 1. The van der Waals surface area contributed by atoms with Crippen LogP contribution >= 0.6 is 7.82 Å². The Bertz CT molecular complexity index is 143. The highest BCUT2D eigenvalue weighted by Crippen LogP contribution is 2.65. The molecule has 1 aliphatic rings. The third kappa shape index (κ3) is 1.33. The molecule has 0 unspecified atom stereocenters. The maximum Gasteiger partial charge on any atom is 0.586 e. The van der Waals surface area contributed by atoms with Crippen molar-refractivity contribution < 1.29 is 18.4 Å². The largest absolute Gasteiger partial charge is 0.586 e. The molecule has 4 nitrogen and oxygen atoms in total. The van der Waals surface area contributed by atoms with Gasteiger partial charge in [-0.3, -0.25) is 0 Å². The molecule has 1 saturated heterocycles. The lowest BCUT2D eigenvalue weighted by molar-refractivity contribution is 0.0850. The van der Waals surface area contributed by atoms with Crippen LogP contribution in [0.25, 0.3) is 0 Å². The highest BCUT2D eigenvalue weighted by molar-refractivity contribution is 7.52. The zero-order chi connectivity index (χ0) is 6.04. The van der Waals surface area contributed by atoms with Gasteiger partial charge in [0.2, 0.25) is 0 Å². The van der Waals surface area contributed by atoms with Gasteiger partial charge in [-0.2, -0.15) is 0 Å². The minimum Gasteiger partial charge on any atom is -0.409 e. The van der Waals surface area contributed by atoms with E-state index in [0.29, 0.717) is 0 Å². The zero-order valence-electron chi connectivity index (χ0n) is 4.23. The van der Waals surface area contributed by atoms with Crippen LogP contribution in [0.15, 0.2) is 12.3 Å².